The molecule has 5 fully saturated rings. The van der Waals surface area contributed by atoms with Crippen LogP contribution in [0.1, 0.15) is 63.0 Å². The van der Waals surface area contributed by atoms with Crippen LogP contribution in [0.25, 0.3) is 44.0 Å². The number of ether oxygens (including phenoxy) is 3. The van der Waals surface area contributed by atoms with Crippen LogP contribution in [-0.2, 0) is 21.4 Å². The monoisotopic (exact) mass is 1020 g/mol. The van der Waals surface area contributed by atoms with Gasteiger partial charge in [-0.25, -0.2) is 22.4 Å². The predicted octanol–water partition coefficient (Wildman–Crippen LogP) is 6.65. The zero-order valence-corrected chi connectivity index (χ0v) is 41.5. The summed E-state index contributed by atoms with van der Waals surface area (Å²) in [6.07, 6.45) is 11.5. The topological polar surface area (TPSA) is 152 Å². The number of imidazole rings is 1. The summed E-state index contributed by atoms with van der Waals surface area (Å²) in [5.74, 6) is -1.96. The Morgan fingerprint density at radius 1 is 0.878 bits per heavy atom. The van der Waals surface area contributed by atoms with Crippen molar-refractivity contribution < 1.29 is 41.4 Å². The largest absolute Gasteiger partial charge is 0.468 e. The number of fused-ring (bicyclic) bond motifs is 3. The summed E-state index contributed by atoms with van der Waals surface area (Å²) in [5.41, 5.74) is 1.71. The SMILES string of the molecule is C#Cc1c(F)ccc2cc(OCOC)cc(-c3ncc4c(N5CCCC(F)(F)C5)nc(OCC5(CN6CCN(CC7CCN(c8ccc9c(c8)n(C)c(=O)n9C8CCC(=O)NC8=O)CC7)CC6)CC5)nc4c3F)c12. The van der Waals surface area contributed by atoms with E-state index in [1.54, 1.807) is 17.7 Å². The van der Waals surface area contributed by atoms with E-state index in [-0.39, 0.29) is 101 Å². The van der Waals surface area contributed by atoms with E-state index in [9.17, 15) is 23.2 Å². The fourth-order valence-corrected chi connectivity index (χ4v) is 11.5. The third-order valence-corrected chi connectivity index (χ3v) is 15.7. The highest BCUT2D eigenvalue weighted by Crippen LogP contribution is 2.47. The first-order chi connectivity index (χ1) is 35.7. The van der Waals surface area contributed by atoms with Crippen LogP contribution in [0.3, 0.4) is 0 Å². The molecule has 11 rings (SSSR count). The van der Waals surface area contributed by atoms with Gasteiger partial charge >= 0.3 is 11.7 Å². The van der Waals surface area contributed by atoms with E-state index in [0.29, 0.717) is 29.0 Å². The molecule has 16 nitrogen and oxygen atoms in total. The van der Waals surface area contributed by atoms with Gasteiger partial charge in [-0.05, 0) is 86.2 Å². The molecule has 3 aromatic carbocycles. The molecular weight excluding hydrogens is 961 g/mol. The highest BCUT2D eigenvalue weighted by atomic mass is 19.3. The van der Waals surface area contributed by atoms with Gasteiger partial charge in [0, 0.05) is 114 Å². The lowest BCUT2D eigenvalue weighted by atomic mass is 9.95. The van der Waals surface area contributed by atoms with Crippen molar-refractivity contribution in [3.8, 4) is 35.4 Å². The molecule has 6 aromatic rings. The molecule has 1 unspecified atom stereocenters. The summed E-state index contributed by atoms with van der Waals surface area (Å²) in [4.78, 5) is 60.3. The molecule has 388 valence electrons. The van der Waals surface area contributed by atoms with E-state index in [2.05, 4.69) is 40.9 Å². The van der Waals surface area contributed by atoms with Crippen molar-refractivity contribution in [2.75, 3.05) is 95.8 Å². The first kappa shape index (κ1) is 49.4. The van der Waals surface area contributed by atoms with Gasteiger partial charge in [0.05, 0.1) is 35.1 Å². The van der Waals surface area contributed by atoms with Gasteiger partial charge in [0.25, 0.3) is 5.92 Å². The minimum atomic E-state index is -2.99. The van der Waals surface area contributed by atoms with Gasteiger partial charge < -0.3 is 33.8 Å². The van der Waals surface area contributed by atoms with Gasteiger partial charge in [-0.1, -0.05) is 12.0 Å². The maximum atomic E-state index is 17.3. The molecule has 0 bridgehead atoms. The van der Waals surface area contributed by atoms with Crippen LogP contribution in [0.15, 0.2) is 53.5 Å². The van der Waals surface area contributed by atoms with Gasteiger partial charge in [-0.3, -0.25) is 29.0 Å². The van der Waals surface area contributed by atoms with Crippen molar-refractivity contribution in [3.63, 3.8) is 0 Å². The fourth-order valence-electron chi connectivity index (χ4n) is 11.5. The number of nitrogens with zero attached hydrogens (tertiary/aromatic N) is 9. The first-order valence-corrected chi connectivity index (χ1v) is 25.4. The number of nitrogens with one attached hydrogen (secondary N) is 1. The van der Waals surface area contributed by atoms with E-state index in [0.717, 1.165) is 89.2 Å². The lowest BCUT2D eigenvalue weighted by Gasteiger charge is -2.40. The molecular formula is C54H58F4N10O6. The van der Waals surface area contributed by atoms with Gasteiger partial charge in [0.1, 0.15) is 34.6 Å². The maximum absolute atomic E-state index is 17.3. The van der Waals surface area contributed by atoms with Crippen molar-refractivity contribution in [3.05, 3.63) is 76.3 Å². The fraction of sp³-hybridized carbons (Fsp3) is 0.481. The zero-order valence-electron chi connectivity index (χ0n) is 41.5. The van der Waals surface area contributed by atoms with Crippen LogP contribution < -0.4 is 30.3 Å². The first-order valence-electron chi connectivity index (χ1n) is 25.4. The minimum absolute atomic E-state index is 0.0836. The number of aromatic nitrogens is 5. The lowest BCUT2D eigenvalue weighted by Crippen LogP contribution is -2.50. The number of benzene rings is 3. The van der Waals surface area contributed by atoms with Crippen molar-refractivity contribution in [1.29, 1.82) is 0 Å². The lowest BCUT2D eigenvalue weighted by molar-refractivity contribution is -0.135. The van der Waals surface area contributed by atoms with Gasteiger partial charge in [0.15, 0.2) is 12.6 Å². The highest BCUT2D eigenvalue weighted by molar-refractivity contribution is 6.03. The third kappa shape index (κ3) is 9.61. The summed E-state index contributed by atoms with van der Waals surface area (Å²) >= 11 is 0. The smallest absolute Gasteiger partial charge is 0.329 e. The predicted molar refractivity (Wildman–Crippen MR) is 271 cm³/mol. The Hall–Kier alpha value is -6.82. The maximum Gasteiger partial charge on any atom is 0.329 e. The van der Waals surface area contributed by atoms with Crippen LogP contribution >= 0.6 is 0 Å². The second-order valence-electron chi connectivity index (χ2n) is 20.7. The summed E-state index contributed by atoms with van der Waals surface area (Å²) in [7, 11) is 3.17. The number of imide groups is 1. The van der Waals surface area contributed by atoms with Crippen molar-refractivity contribution >= 4 is 56.0 Å². The van der Waals surface area contributed by atoms with Crippen LogP contribution in [0.4, 0.5) is 29.1 Å². The molecule has 7 heterocycles. The van der Waals surface area contributed by atoms with Crippen LogP contribution in [-0.4, -0.2) is 138 Å². The highest BCUT2D eigenvalue weighted by Gasteiger charge is 2.46. The molecule has 1 aliphatic carbocycles. The molecule has 4 aliphatic heterocycles. The Kier molecular flexibility index (Phi) is 13.2. The van der Waals surface area contributed by atoms with Crippen LogP contribution in [0.5, 0.6) is 11.8 Å². The summed E-state index contributed by atoms with van der Waals surface area (Å²) in [6, 6.07) is 11.0. The Morgan fingerprint density at radius 2 is 1.66 bits per heavy atom. The molecule has 20 heteroatoms. The summed E-state index contributed by atoms with van der Waals surface area (Å²) in [5, 5.41) is 3.22. The van der Waals surface area contributed by atoms with E-state index < -0.39 is 36.1 Å². The van der Waals surface area contributed by atoms with Crippen molar-refractivity contribution in [1.82, 2.24) is 39.2 Å². The Bertz CT molecular complexity index is 3280. The number of aryl methyl sites for hydroxylation is 1. The number of piperazine rings is 1. The van der Waals surface area contributed by atoms with Gasteiger partial charge in [-0.15, -0.1) is 6.42 Å². The number of terminal acetylenes is 1. The van der Waals surface area contributed by atoms with E-state index in [4.69, 9.17) is 20.6 Å². The second kappa shape index (κ2) is 19.8. The molecule has 3 aromatic heterocycles. The quantitative estimate of drug-likeness (QED) is 0.0538. The molecule has 1 saturated carbocycles. The van der Waals surface area contributed by atoms with E-state index in [1.165, 1.54) is 41.0 Å². The summed E-state index contributed by atoms with van der Waals surface area (Å²) < 4.78 is 82.6. The number of methoxy groups -OCH3 is 1. The molecule has 1 N–H and O–H groups in total. The Morgan fingerprint density at radius 3 is 2.39 bits per heavy atom. The van der Waals surface area contributed by atoms with Crippen molar-refractivity contribution in [2.24, 2.45) is 18.4 Å². The number of hydrogen-bond donors (Lipinski definition) is 1. The number of carbonyl (C=O) groups is 2. The minimum Gasteiger partial charge on any atom is -0.468 e. The van der Waals surface area contributed by atoms with Crippen molar-refractivity contribution in [2.45, 2.75) is 63.3 Å². The standard InChI is InChI=1S/C54H58F4N10O6/c1-4-37-40(55)8-6-34-24-36(74-32-72-3)26-38(45(34)37)47-46(56)48-39(27-59-47)49(67-17-5-14-54(57,58)30-67)62-51(61-48)73-31-53(15-16-53)29-65-22-20-64(21-23-65)28-33-12-18-66(19-13-33)35-7-9-41-43(25-35)63(2)52(71)68(41)42-10-11-44(69)60-50(42)70/h1,6-9,24-27,33,42H,5,10-23,28-32H2,2-3H3,(H,60,69,70). The molecule has 5 aliphatic rings. The molecule has 0 radical (unpaired) electrons. The van der Waals surface area contributed by atoms with E-state index in [1.807, 2.05) is 18.2 Å². The number of halogens is 4. The Labute approximate surface area is 424 Å². The number of pyridine rings is 1. The zero-order chi connectivity index (χ0) is 51.5. The molecule has 4 saturated heterocycles. The normalized spacial score (nSPS) is 20.6. The second-order valence-corrected chi connectivity index (χ2v) is 20.7. The van der Waals surface area contributed by atoms with Gasteiger partial charge in [-0.2, -0.15) is 9.97 Å². The number of anilines is 2. The van der Waals surface area contributed by atoms with Crippen LogP contribution in [0.2, 0.25) is 0 Å². The van der Waals surface area contributed by atoms with Gasteiger partial charge in [0.2, 0.25) is 11.8 Å². The number of piperidine rings is 3. The number of amides is 2. The van der Waals surface area contributed by atoms with Crippen LogP contribution in [0, 0.1) is 35.3 Å². The number of carbonyl (C=O) groups excluding carboxylic acids is 2. The van der Waals surface area contributed by atoms with E-state index >= 15 is 8.78 Å². The molecule has 2 amide bonds. The molecule has 74 heavy (non-hydrogen) atoms. The number of rotatable bonds is 14. The summed E-state index contributed by atoms with van der Waals surface area (Å²) in [6.45, 7) is 7.07. The number of hydrogen-bond acceptors (Lipinski definition) is 13. The Balaban J connectivity index is 0.747. The third-order valence-electron chi connectivity index (χ3n) is 15.7. The molecule has 1 atom stereocenters. The molecule has 0 spiro atoms. The average molecular weight is 1020 g/mol. The number of alkyl halides is 2. The average Bonchev–Trinajstić information content (AvgIpc) is 4.12.